The van der Waals surface area contributed by atoms with E-state index in [-0.39, 0.29) is 24.2 Å². The number of hydrazine groups is 1. The van der Waals surface area contributed by atoms with Crippen molar-refractivity contribution in [3.63, 3.8) is 0 Å². The summed E-state index contributed by atoms with van der Waals surface area (Å²) in [6, 6.07) is 0. The van der Waals surface area contributed by atoms with E-state index < -0.39 is 0 Å². The maximum atomic E-state index is 11.9. The van der Waals surface area contributed by atoms with Gasteiger partial charge < -0.3 is 0 Å². The van der Waals surface area contributed by atoms with Crippen LogP contribution in [0.1, 0.15) is 43.6 Å². The number of aromatic nitrogens is 2. The molecule has 1 fully saturated rings. The van der Waals surface area contributed by atoms with Crippen LogP contribution in [0.2, 0.25) is 0 Å². The predicted octanol–water partition coefficient (Wildman–Crippen LogP) is 1.26. The van der Waals surface area contributed by atoms with Gasteiger partial charge in [0.05, 0.1) is 12.1 Å². The van der Waals surface area contributed by atoms with Gasteiger partial charge in [0.25, 0.3) is 0 Å². The highest BCUT2D eigenvalue weighted by atomic mass is 16.2. The highest BCUT2D eigenvalue weighted by Crippen LogP contribution is 2.28. The molecule has 0 aliphatic heterocycles. The van der Waals surface area contributed by atoms with Gasteiger partial charge in [0.15, 0.2) is 0 Å². The minimum absolute atomic E-state index is 0.0857. The van der Waals surface area contributed by atoms with Crippen LogP contribution in [0.5, 0.6) is 0 Å². The number of amides is 2. The van der Waals surface area contributed by atoms with Crippen LogP contribution in [0.25, 0.3) is 0 Å². The van der Waals surface area contributed by atoms with Crippen molar-refractivity contribution < 1.29 is 9.59 Å². The largest absolute Gasteiger partial charge is 0.273 e. The van der Waals surface area contributed by atoms with E-state index in [4.69, 9.17) is 0 Å². The SMILES string of the molecule is Cc1nn(CC(C)C)c(C)c1CC(=O)NNC(=O)C1CC1. The van der Waals surface area contributed by atoms with Gasteiger partial charge in [-0.1, -0.05) is 13.8 Å². The molecule has 0 radical (unpaired) electrons. The summed E-state index contributed by atoms with van der Waals surface area (Å²) >= 11 is 0. The highest BCUT2D eigenvalue weighted by Gasteiger charge is 2.29. The van der Waals surface area contributed by atoms with E-state index >= 15 is 0 Å². The minimum atomic E-state index is -0.209. The smallest absolute Gasteiger partial charge is 0.242 e. The molecule has 2 rings (SSSR count). The lowest BCUT2D eigenvalue weighted by atomic mass is 10.1. The Morgan fingerprint density at radius 2 is 1.95 bits per heavy atom. The number of nitrogens with one attached hydrogen (secondary N) is 2. The Kier molecular flexibility index (Phi) is 4.65. The Bertz CT molecular complexity index is 544. The standard InChI is InChI=1S/C15H24N4O2/c1-9(2)8-19-11(4)13(10(3)18-19)7-14(20)16-17-15(21)12-5-6-12/h9,12H,5-8H2,1-4H3,(H,16,20)(H,17,21). The van der Waals surface area contributed by atoms with Crippen LogP contribution in [0.3, 0.4) is 0 Å². The fourth-order valence-electron chi connectivity index (χ4n) is 2.30. The van der Waals surface area contributed by atoms with Crippen LogP contribution >= 0.6 is 0 Å². The molecule has 0 unspecified atom stereocenters. The summed E-state index contributed by atoms with van der Waals surface area (Å²) in [6.07, 6.45) is 2.07. The first kappa shape index (κ1) is 15.5. The summed E-state index contributed by atoms with van der Waals surface area (Å²) in [5, 5.41) is 4.49. The van der Waals surface area contributed by atoms with Gasteiger partial charge in [0.2, 0.25) is 11.8 Å². The number of nitrogens with zero attached hydrogens (tertiary/aromatic N) is 2. The van der Waals surface area contributed by atoms with Crippen molar-refractivity contribution in [2.24, 2.45) is 11.8 Å². The summed E-state index contributed by atoms with van der Waals surface area (Å²) < 4.78 is 1.95. The molecule has 1 saturated carbocycles. The zero-order valence-corrected chi connectivity index (χ0v) is 13.2. The lowest BCUT2D eigenvalue weighted by Gasteiger charge is -2.09. The molecule has 1 aliphatic carbocycles. The molecule has 21 heavy (non-hydrogen) atoms. The van der Waals surface area contributed by atoms with Gasteiger partial charge in [-0.05, 0) is 32.6 Å². The molecule has 0 saturated heterocycles. The van der Waals surface area contributed by atoms with Crippen molar-refractivity contribution in [1.82, 2.24) is 20.6 Å². The predicted molar refractivity (Wildman–Crippen MR) is 79.3 cm³/mol. The molecule has 2 amide bonds. The summed E-state index contributed by atoms with van der Waals surface area (Å²) in [5.74, 6) is 0.289. The van der Waals surface area contributed by atoms with E-state index in [1.807, 2.05) is 18.5 Å². The zero-order valence-electron chi connectivity index (χ0n) is 13.2. The molecular weight excluding hydrogens is 268 g/mol. The quantitative estimate of drug-likeness (QED) is 0.802. The number of carbonyl (C=O) groups excluding carboxylic acids is 2. The average molecular weight is 292 g/mol. The van der Waals surface area contributed by atoms with Gasteiger partial charge in [-0.25, -0.2) is 0 Å². The van der Waals surface area contributed by atoms with Gasteiger partial charge in [0, 0.05) is 23.7 Å². The Morgan fingerprint density at radius 1 is 1.29 bits per heavy atom. The van der Waals surface area contributed by atoms with Crippen LogP contribution < -0.4 is 10.9 Å². The molecular formula is C15H24N4O2. The maximum Gasteiger partial charge on any atom is 0.242 e. The van der Waals surface area contributed by atoms with Crippen LogP contribution in [-0.2, 0) is 22.6 Å². The molecule has 0 spiro atoms. The number of rotatable bonds is 5. The Labute approximate surface area is 125 Å². The molecule has 6 nitrogen and oxygen atoms in total. The third kappa shape index (κ3) is 4.06. The van der Waals surface area contributed by atoms with Crippen molar-refractivity contribution in [1.29, 1.82) is 0 Å². The van der Waals surface area contributed by atoms with Crippen molar-refractivity contribution in [3.8, 4) is 0 Å². The van der Waals surface area contributed by atoms with E-state index in [2.05, 4.69) is 29.8 Å². The summed E-state index contributed by atoms with van der Waals surface area (Å²) in [5.41, 5.74) is 7.79. The monoisotopic (exact) mass is 292 g/mol. The van der Waals surface area contributed by atoms with Gasteiger partial charge >= 0.3 is 0 Å². The average Bonchev–Trinajstić information content (AvgIpc) is 3.20. The van der Waals surface area contributed by atoms with Crippen LogP contribution in [-0.4, -0.2) is 21.6 Å². The van der Waals surface area contributed by atoms with Crippen molar-refractivity contribution in [2.75, 3.05) is 0 Å². The van der Waals surface area contributed by atoms with Crippen LogP contribution in [0.4, 0.5) is 0 Å². The first-order valence-electron chi connectivity index (χ1n) is 7.50. The number of hydrogen-bond donors (Lipinski definition) is 2. The second kappa shape index (κ2) is 6.28. The van der Waals surface area contributed by atoms with Crippen molar-refractivity contribution >= 4 is 11.8 Å². The Hall–Kier alpha value is -1.85. The topological polar surface area (TPSA) is 76.0 Å². The van der Waals surface area contributed by atoms with Gasteiger partial charge in [-0.3, -0.25) is 25.1 Å². The Balaban J connectivity index is 1.93. The second-order valence-electron chi connectivity index (χ2n) is 6.21. The van der Waals surface area contributed by atoms with Gasteiger partial charge in [-0.15, -0.1) is 0 Å². The molecule has 0 bridgehead atoms. The molecule has 116 valence electrons. The van der Waals surface area contributed by atoms with Crippen molar-refractivity contribution in [3.05, 3.63) is 17.0 Å². The van der Waals surface area contributed by atoms with E-state index in [1.165, 1.54) is 0 Å². The van der Waals surface area contributed by atoms with Crippen molar-refractivity contribution in [2.45, 2.75) is 53.5 Å². The molecule has 1 aromatic heterocycles. The molecule has 1 aromatic rings. The molecule has 2 N–H and O–H groups in total. The minimum Gasteiger partial charge on any atom is -0.273 e. The fraction of sp³-hybridized carbons (Fsp3) is 0.667. The zero-order chi connectivity index (χ0) is 15.6. The van der Waals surface area contributed by atoms with Gasteiger partial charge in [-0.2, -0.15) is 5.10 Å². The van der Waals surface area contributed by atoms with E-state index in [0.29, 0.717) is 5.92 Å². The molecule has 0 aromatic carbocycles. The molecule has 1 heterocycles. The number of aryl methyl sites for hydroxylation is 1. The first-order chi connectivity index (χ1) is 9.88. The first-order valence-corrected chi connectivity index (χ1v) is 7.50. The van der Waals surface area contributed by atoms with Crippen LogP contribution in [0, 0.1) is 25.7 Å². The fourth-order valence-corrected chi connectivity index (χ4v) is 2.30. The third-order valence-corrected chi connectivity index (χ3v) is 3.68. The number of carbonyl (C=O) groups is 2. The van der Waals surface area contributed by atoms with E-state index in [9.17, 15) is 9.59 Å². The molecule has 1 aliphatic rings. The summed E-state index contributed by atoms with van der Waals surface area (Å²) in [7, 11) is 0. The second-order valence-corrected chi connectivity index (χ2v) is 6.21. The summed E-state index contributed by atoms with van der Waals surface area (Å²) in [6.45, 7) is 9.00. The van der Waals surface area contributed by atoms with E-state index in [0.717, 1.165) is 36.3 Å². The lowest BCUT2D eigenvalue weighted by Crippen LogP contribution is -2.43. The van der Waals surface area contributed by atoms with Crippen LogP contribution in [0.15, 0.2) is 0 Å². The summed E-state index contributed by atoms with van der Waals surface area (Å²) in [4.78, 5) is 23.4. The molecule has 6 heteroatoms. The Morgan fingerprint density at radius 3 is 2.52 bits per heavy atom. The molecule has 0 atom stereocenters. The van der Waals surface area contributed by atoms with Gasteiger partial charge in [0.1, 0.15) is 0 Å². The number of hydrogen-bond acceptors (Lipinski definition) is 3. The normalized spacial score (nSPS) is 14.3. The highest BCUT2D eigenvalue weighted by molar-refractivity contribution is 5.85. The third-order valence-electron chi connectivity index (χ3n) is 3.68. The maximum absolute atomic E-state index is 11.9. The lowest BCUT2D eigenvalue weighted by molar-refractivity contribution is -0.129. The van der Waals surface area contributed by atoms with E-state index in [1.54, 1.807) is 0 Å².